The molecule has 3 aromatic rings. The number of aromatic hydroxyl groups is 1. The fourth-order valence-corrected chi connectivity index (χ4v) is 3.26. The number of fused-ring (bicyclic) bond motifs is 1. The fourth-order valence-electron chi connectivity index (χ4n) is 3.26. The molecule has 0 saturated heterocycles. The molecule has 28 heavy (non-hydrogen) atoms. The van der Waals surface area contributed by atoms with Crippen molar-refractivity contribution >= 4 is 22.7 Å². The van der Waals surface area contributed by atoms with Gasteiger partial charge in [0.1, 0.15) is 17.3 Å². The third kappa shape index (κ3) is 3.42. The van der Waals surface area contributed by atoms with Crippen molar-refractivity contribution in [2.45, 2.75) is 26.7 Å². The Bertz CT molecular complexity index is 1160. The maximum atomic E-state index is 12.4. The van der Waals surface area contributed by atoms with Crippen molar-refractivity contribution in [1.29, 1.82) is 5.26 Å². The van der Waals surface area contributed by atoms with Crippen LogP contribution in [0.1, 0.15) is 40.0 Å². The summed E-state index contributed by atoms with van der Waals surface area (Å²) in [4.78, 5) is 27.6. The zero-order valence-corrected chi connectivity index (χ0v) is 15.5. The number of carbonyl (C=O) groups is 2. The molecule has 6 nitrogen and oxygen atoms in total. The van der Waals surface area contributed by atoms with E-state index < -0.39 is 17.5 Å². The number of aryl methyl sites for hydroxylation is 2. The number of carboxylic acids is 1. The minimum absolute atomic E-state index is 0.0460. The quantitative estimate of drug-likeness (QED) is 0.649. The van der Waals surface area contributed by atoms with Gasteiger partial charge in [-0.3, -0.25) is 9.59 Å². The van der Waals surface area contributed by atoms with Crippen LogP contribution >= 0.6 is 0 Å². The average molecular weight is 374 g/mol. The SMILES string of the molecule is Cc1ccc(-c2cccc3c(C#N)c(O)c(C(=O)CCC(=O)O)nc23)c(C)c1. The van der Waals surface area contributed by atoms with E-state index in [9.17, 15) is 20.0 Å². The lowest BCUT2D eigenvalue weighted by molar-refractivity contribution is -0.136. The molecule has 140 valence electrons. The van der Waals surface area contributed by atoms with E-state index >= 15 is 0 Å². The number of hydrogen-bond donors (Lipinski definition) is 2. The molecule has 0 saturated carbocycles. The van der Waals surface area contributed by atoms with Gasteiger partial charge in [0.25, 0.3) is 0 Å². The molecule has 0 aliphatic rings. The Morgan fingerprint density at radius 2 is 1.86 bits per heavy atom. The lowest BCUT2D eigenvalue weighted by Gasteiger charge is -2.13. The Balaban J connectivity index is 2.28. The van der Waals surface area contributed by atoms with Crippen LogP contribution in [0.2, 0.25) is 0 Å². The molecule has 0 amide bonds. The molecule has 0 radical (unpaired) electrons. The van der Waals surface area contributed by atoms with Gasteiger partial charge in [-0.1, -0.05) is 42.0 Å². The first-order valence-electron chi connectivity index (χ1n) is 8.72. The smallest absolute Gasteiger partial charge is 0.303 e. The van der Waals surface area contributed by atoms with E-state index in [4.69, 9.17) is 5.11 Å². The summed E-state index contributed by atoms with van der Waals surface area (Å²) in [6.07, 6.45) is -0.684. The molecule has 2 aromatic carbocycles. The first-order chi connectivity index (χ1) is 13.3. The summed E-state index contributed by atoms with van der Waals surface area (Å²) in [6.45, 7) is 3.95. The summed E-state index contributed by atoms with van der Waals surface area (Å²) >= 11 is 0. The fraction of sp³-hybridized carbons (Fsp3) is 0.182. The summed E-state index contributed by atoms with van der Waals surface area (Å²) < 4.78 is 0. The molecule has 0 bridgehead atoms. The van der Waals surface area contributed by atoms with Crippen molar-refractivity contribution in [1.82, 2.24) is 4.98 Å². The van der Waals surface area contributed by atoms with Gasteiger partial charge in [0.2, 0.25) is 0 Å². The zero-order chi connectivity index (χ0) is 20.4. The lowest BCUT2D eigenvalue weighted by atomic mass is 9.94. The molecule has 0 aliphatic heterocycles. The highest BCUT2D eigenvalue weighted by atomic mass is 16.4. The molecular weight excluding hydrogens is 356 g/mol. The summed E-state index contributed by atoms with van der Waals surface area (Å²) in [5, 5.41) is 29.2. The number of hydrogen-bond acceptors (Lipinski definition) is 5. The largest absolute Gasteiger partial charge is 0.504 e. The maximum Gasteiger partial charge on any atom is 0.303 e. The van der Waals surface area contributed by atoms with Gasteiger partial charge in [0, 0.05) is 17.4 Å². The Labute approximate surface area is 161 Å². The topological polar surface area (TPSA) is 111 Å². The number of nitrogens with zero attached hydrogens (tertiary/aromatic N) is 2. The second-order valence-corrected chi connectivity index (χ2v) is 6.63. The van der Waals surface area contributed by atoms with E-state index in [1.807, 2.05) is 44.2 Å². The molecule has 2 N–H and O–H groups in total. The number of carboxylic acid groups (broad SMARTS) is 1. The van der Waals surface area contributed by atoms with E-state index in [1.54, 1.807) is 12.1 Å². The van der Waals surface area contributed by atoms with Gasteiger partial charge in [0.05, 0.1) is 11.9 Å². The standard InChI is InChI=1S/C22H18N2O4/c1-12-6-7-14(13(2)10-12)15-4-3-5-16-17(11-23)22(28)21(24-20(15)16)18(25)8-9-19(26)27/h3-7,10,28H,8-9H2,1-2H3,(H,26,27). The number of aromatic nitrogens is 1. The number of nitriles is 1. The molecule has 0 atom stereocenters. The highest BCUT2D eigenvalue weighted by molar-refractivity contribution is 6.05. The number of para-hydroxylation sites is 1. The van der Waals surface area contributed by atoms with Crippen molar-refractivity contribution in [3.63, 3.8) is 0 Å². The molecular formula is C22H18N2O4. The minimum Gasteiger partial charge on any atom is -0.504 e. The summed E-state index contributed by atoms with van der Waals surface area (Å²) in [5.74, 6) is -2.25. The van der Waals surface area contributed by atoms with Crippen molar-refractivity contribution in [3.8, 4) is 22.9 Å². The van der Waals surface area contributed by atoms with E-state index in [2.05, 4.69) is 4.98 Å². The molecule has 6 heteroatoms. The number of Topliss-reactive ketones (excluding diaryl/α,β-unsaturated/α-hetero) is 1. The third-order valence-electron chi connectivity index (χ3n) is 4.60. The van der Waals surface area contributed by atoms with Gasteiger partial charge in [-0.2, -0.15) is 5.26 Å². The van der Waals surface area contributed by atoms with Crippen molar-refractivity contribution in [2.75, 3.05) is 0 Å². The predicted octanol–water partition coefficient (Wildman–Crippen LogP) is 4.14. The maximum absolute atomic E-state index is 12.4. The summed E-state index contributed by atoms with van der Waals surface area (Å²) in [6, 6.07) is 13.2. The minimum atomic E-state index is -1.12. The number of carbonyl (C=O) groups excluding carboxylic acids is 1. The van der Waals surface area contributed by atoms with Crippen molar-refractivity contribution < 1.29 is 19.8 Å². The van der Waals surface area contributed by atoms with Crippen LogP contribution in [0.15, 0.2) is 36.4 Å². The first kappa shape index (κ1) is 19.1. The van der Waals surface area contributed by atoms with Crippen LogP contribution in [0.25, 0.3) is 22.0 Å². The summed E-state index contributed by atoms with van der Waals surface area (Å²) in [7, 11) is 0. The van der Waals surface area contributed by atoms with Crippen LogP contribution < -0.4 is 0 Å². The highest BCUT2D eigenvalue weighted by Crippen LogP contribution is 2.36. The molecule has 0 unspecified atom stereocenters. The van der Waals surface area contributed by atoms with Crippen molar-refractivity contribution in [2.24, 2.45) is 0 Å². The van der Waals surface area contributed by atoms with Gasteiger partial charge in [-0.25, -0.2) is 4.98 Å². The number of pyridine rings is 1. The van der Waals surface area contributed by atoms with Crippen LogP contribution in [0, 0.1) is 25.2 Å². The molecule has 3 rings (SSSR count). The lowest BCUT2D eigenvalue weighted by Crippen LogP contribution is -2.08. The number of benzene rings is 2. The Kier molecular flexibility index (Phi) is 5.10. The second kappa shape index (κ2) is 7.49. The van der Waals surface area contributed by atoms with Crippen LogP contribution in [0.4, 0.5) is 0 Å². The first-order valence-corrected chi connectivity index (χ1v) is 8.72. The zero-order valence-electron chi connectivity index (χ0n) is 15.5. The molecule has 1 heterocycles. The average Bonchev–Trinajstić information content (AvgIpc) is 2.65. The van der Waals surface area contributed by atoms with Gasteiger partial charge in [0.15, 0.2) is 11.5 Å². The van der Waals surface area contributed by atoms with Crippen LogP contribution in [-0.4, -0.2) is 26.9 Å². The van der Waals surface area contributed by atoms with Crippen LogP contribution in [-0.2, 0) is 4.79 Å². The predicted molar refractivity (Wildman–Crippen MR) is 104 cm³/mol. The van der Waals surface area contributed by atoms with E-state index in [1.165, 1.54) is 0 Å². The van der Waals surface area contributed by atoms with E-state index in [-0.39, 0.29) is 24.1 Å². The Morgan fingerprint density at radius 1 is 1.11 bits per heavy atom. The molecule has 1 aromatic heterocycles. The number of aliphatic carboxylic acids is 1. The van der Waals surface area contributed by atoms with E-state index in [0.717, 1.165) is 22.3 Å². The monoisotopic (exact) mass is 374 g/mol. The van der Waals surface area contributed by atoms with Crippen LogP contribution in [0.5, 0.6) is 5.75 Å². The Hall–Kier alpha value is -3.72. The highest BCUT2D eigenvalue weighted by Gasteiger charge is 2.22. The van der Waals surface area contributed by atoms with Gasteiger partial charge in [-0.15, -0.1) is 0 Å². The normalized spacial score (nSPS) is 10.6. The second-order valence-electron chi connectivity index (χ2n) is 6.63. The van der Waals surface area contributed by atoms with Gasteiger partial charge >= 0.3 is 5.97 Å². The van der Waals surface area contributed by atoms with Gasteiger partial charge in [-0.05, 0) is 25.0 Å². The molecule has 0 fully saturated rings. The summed E-state index contributed by atoms with van der Waals surface area (Å²) in [5.41, 5.74) is 3.86. The third-order valence-corrected chi connectivity index (χ3v) is 4.60. The van der Waals surface area contributed by atoms with E-state index in [0.29, 0.717) is 10.9 Å². The molecule has 0 spiro atoms. The Morgan fingerprint density at radius 3 is 2.50 bits per heavy atom. The molecule has 0 aliphatic carbocycles. The van der Waals surface area contributed by atoms with Crippen LogP contribution in [0.3, 0.4) is 0 Å². The number of ketones is 1. The number of rotatable bonds is 5. The van der Waals surface area contributed by atoms with Crippen molar-refractivity contribution in [3.05, 3.63) is 58.8 Å². The van der Waals surface area contributed by atoms with Gasteiger partial charge < -0.3 is 10.2 Å².